The molecule has 0 saturated carbocycles. The fourth-order valence-corrected chi connectivity index (χ4v) is 1.21. The molecule has 0 atom stereocenters. The van der Waals surface area contributed by atoms with Crippen LogP contribution in [-0.2, 0) is 14.3 Å². The predicted octanol–water partition coefficient (Wildman–Crippen LogP) is -2.72. The van der Waals surface area contributed by atoms with Gasteiger partial charge in [-0.1, -0.05) is 0 Å². The number of carbonyl (C=O) groups is 2. The zero-order valence-electron chi connectivity index (χ0n) is 6.37. The van der Waals surface area contributed by atoms with Gasteiger partial charge < -0.3 is 24.5 Å². The zero-order chi connectivity index (χ0) is 9.19. The van der Waals surface area contributed by atoms with E-state index in [4.69, 9.17) is 4.74 Å². The summed E-state index contributed by atoms with van der Waals surface area (Å²) < 4.78 is 4.84. The van der Waals surface area contributed by atoms with Gasteiger partial charge in [0.2, 0.25) is 0 Å². The van der Waals surface area contributed by atoms with Crippen molar-refractivity contribution in [2.45, 2.75) is 12.8 Å². The molecular formula is C7H8O5-2. The van der Waals surface area contributed by atoms with Crippen LogP contribution in [0.2, 0.25) is 0 Å². The summed E-state index contributed by atoms with van der Waals surface area (Å²) in [5, 5.41) is 21.1. The Morgan fingerprint density at radius 2 is 1.50 bits per heavy atom. The van der Waals surface area contributed by atoms with E-state index in [9.17, 15) is 19.8 Å². The van der Waals surface area contributed by atoms with Crippen LogP contribution in [0, 0.1) is 5.41 Å². The second kappa shape index (κ2) is 3.10. The van der Waals surface area contributed by atoms with Gasteiger partial charge in [0.25, 0.3) is 0 Å². The predicted molar refractivity (Wildman–Crippen MR) is 32.5 cm³/mol. The number of hydrogen-bond donors (Lipinski definition) is 0. The minimum absolute atomic E-state index is 0.0718. The van der Waals surface area contributed by atoms with Crippen molar-refractivity contribution >= 4 is 11.9 Å². The molecule has 0 amide bonds. The first kappa shape index (κ1) is 8.99. The monoisotopic (exact) mass is 172 g/mol. The molecule has 0 aromatic heterocycles. The average Bonchev–Trinajstić information content (AvgIpc) is 2.05. The van der Waals surface area contributed by atoms with E-state index in [1.54, 1.807) is 0 Å². The van der Waals surface area contributed by atoms with Gasteiger partial charge >= 0.3 is 0 Å². The molecule has 1 rings (SSSR count). The van der Waals surface area contributed by atoms with Gasteiger partial charge in [0.1, 0.15) is 0 Å². The minimum atomic E-state index is -1.84. The first-order chi connectivity index (χ1) is 5.59. The molecule has 0 aromatic rings. The lowest BCUT2D eigenvalue weighted by molar-refractivity contribution is -0.346. The molecule has 0 radical (unpaired) electrons. The molecule has 68 valence electrons. The molecule has 1 aliphatic rings. The van der Waals surface area contributed by atoms with E-state index in [-0.39, 0.29) is 26.1 Å². The lowest BCUT2D eigenvalue weighted by Gasteiger charge is -2.38. The summed E-state index contributed by atoms with van der Waals surface area (Å²) >= 11 is 0. The molecule has 1 fully saturated rings. The summed E-state index contributed by atoms with van der Waals surface area (Å²) in [6.07, 6.45) is -0.144. The number of ether oxygens (including phenoxy) is 1. The molecule has 0 spiro atoms. The fourth-order valence-electron chi connectivity index (χ4n) is 1.21. The van der Waals surface area contributed by atoms with Crippen LogP contribution in [0.25, 0.3) is 0 Å². The van der Waals surface area contributed by atoms with Crippen LogP contribution >= 0.6 is 0 Å². The van der Waals surface area contributed by atoms with E-state index >= 15 is 0 Å². The summed E-state index contributed by atoms with van der Waals surface area (Å²) in [4.78, 5) is 21.1. The zero-order valence-corrected chi connectivity index (χ0v) is 6.37. The van der Waals surface area contributed by atoms with Gasteiger partial charge in [-0.15, -0.1) is 0 Å². The lowest BCUT2D eigenvalue weighted by atomic mass is 9.80. The second-order valence-electron chi connectivity index (χ2n) is 2.77. The largest absolute Gasteiger partial charge is 0.549 e. The topological polar surface area (TPSA) is 89.5 Å². The Labute approximate surface area is 68.9 Å². The summed E-state index contributed by atoms with van der Waals surface area (Å²) in [6, 6.07) is 0. The van der Waals surface area contributed by atoms with Gasteiger partial charge in [-0.3, -0.25) is 0 Å². The number of carboxylic acid groups (broad SMARTS) is 2. The third kappa shape index (κ3) is 1.27. The standard InChI is InChI=1S/C7H10O5/c8-5(9)7(6(10)11)1-3-12-4-2-7/h1-4H2,(H,8,9)(H,10,11)/p-2. The Morgan fingerprint density at radius 1 is 1.08 bits per heavy atom. The molecule has 0 aliphatic carbocycles. The molecule has 5 heteroatoms. The third-order valence-corrected chi connectivity index (χ3v) is 2.13. The van der Waals surface area contributed by atoms with Crippen molar-refractivity contribution in [2.24, 2.45) is 5.41 Å². The molecule has 0 bridgehead atoms. The van der Waals surface area contributed by atoms with Gasteiger partial charge in [-0.25, -0.2) is 0 Å². The SMILES string of the molecule is O=C([O-])C1(C(=O)[O-])CCOCC1. The number of rotatable bonds is 2. The van der Waals surface area contributed by atoms with Crippen molar-refractivity contribution in [3.63, 3.8) is 0 Å². The Morgan fingerprint density at radius 3 is 1.75 bits per heavy atom. The number of hydrogen-bond acceptors (Lipinski definition) is 5. The van der Waals surface area contributed by atoms with Crippen molar-refractivity contribution in [2.75, 3.05) is 13.2 Å². The van der Waals surface area contributed by atoms with Gasteiger partial charge in [0, 0.05) is 13.2 Å². The maximum atomic E-state index is 10.5. The molecule has 0 N–H and O–H groups in total. The number of aliphatic carboxylic acids is 2. The maximum absolute atomic E-state index is 10.5. The molecule has 1 heterocycles. The second-order valence-corrected chi connectivity index (χ2v) is 2.77. The number of carboxylic acids is 2. The van der Waals surface area contributed by atoms with Crippen molar-refractivity contribution in [1.82, 2.24) is 0 Å². The first-order valence-corrected chi connectivity index (χ1v) is 3.60. The van der Waals surface area contributed by atoms with Crippen LogP contribution in [0.4, 0.5) is 0 Å². The number of carbonyl (C=O) groups excluding carboxylic acids is 2. The fraction of sp³-hybridized carbons (Fsp3) is 0.714. The van der Waals surface area contributed by atoms with Gasteiger partial charge in [-0.05, 0) is 12.8 Å². The van der Waals surface area contributed by atoms with E-state index in [0.29, 0.717) is 0 Å². The van der Waals surface area contributed by atoms with Gasteiger partial charge in [0.05, 0.1) is 17.4 Å². The van der Waals surface area contributed by atoms with E-state index in [2.05, 4.69) is 0 Å². The van der Waals surface area contributed by atoms with Gasteiger partial charge in [-0.2, -0.15) is 0 Å². The maximum Gasteiger partial charge on any atom is 0.0538 e. The minimum Gasteiger partial charge on any atom is -0.549 e. The highest BCUT2D eigenvalue weighted by molar-refractivity contribution is 5.96. The smallest absolute Gasteiger partial charge is 0.0538 e. The van der Waals surface area contributed by atoms with E-state index in [1.807, 2.05) is 0 Å². The van der Waals surface area contributed by atoms with Crippen molar-refractivity contribution in [1.29, 1.82) is 0 Å². The van der Waals surface area contributed by atoms with Crippen molar-refractivity contribution in [3.05, 3.63) is 0 Å². The van der Waals surface area contributed by atoms with Gasteiger partial charge in [0.15, 0.2) is 0 Å². The summed E-state index contributed by atoms with van der Waals surface area (Å²) in [6.45, 7) is 0.254. The van der Waals surface area contributed by atoms with E-state index < -0.39 is 17.4 Å². The highest BCUT2D eigenvalue weighted by atomic mass is 16.5. The van der Waals surface area contributed by atoms with E-state index in [1.165, 1.54) is 0 Å². The van der Waals surface area contributed by atoms with Crippen LogP contribution in [-0.4, -0.2) is 25.2 Å². The van der Waals surface area contributed by atoms with Crippen LogP contribution in [0.1, 0.15) is 12.8 Å². The van der Waals surface area contributed by atoms with Crippen LogP contribution in [0.5, 0.6) is 0 Å². The Balaban J connectivity index is 2.84. The normalized spacial score (nSPS) is 21.7. The third-order valence-electron chi connectivity index (χ3n) is 2.13. The highest BCUT2D eigenvalue weighted by Crippen LogP contribution is 2.28. The summed E-state index contributed by atoms with van der Waals surface area (Å²) in [5.74, 6) is -3.16. The molecule has 12 heavy (non-hydrogen) atoms. The van der Waals surface area contributed by atoms with Crippen LogP contribution in [0.15, 0.2) is 0 Å². The van der Waals surface area contributed by atoms with Crippen molar-refractivity contribution < 1.29 is 24.5 Å². The molecule has 1 saturated heterocycles. The molecular weight excluding hydrogens is 164 g/mol. The summed E-state index contributed by atoms with van der Waals surface area (Å²) in [7, 11) is 0. The Hall–Kier alpha value is -1.10. The molecule has 0 aromatic carbocycles. The van der Waals surface area contributed by atoms with Crippen LogP contribution < -0.4 is 10.2 Å². The Bertz CT molecular complexity index is 188. The Kier molecular flexibility index (Phi) is 2.32. The lowest BCUT2D eigenvalue weighted by Crippen LogP contribution is -2.56. The highest BCUT2D eigenvalue weighted by Gasteiger charge is 2.35. The molecule has 1 aliphatic heterocycles. The van der Waals surface area contributed by atoms with E-state index in [0.717, 1.165) is 0 Å². The quantitative estimate of drug-likeness (QED) is 0.422. The average molecular weight is 172 g/mol. The van der Waals surface area contributed by atoms with Crippen molar-refractivity contribution in [3.8, 4) is 0 Å². The first-order valence-electron chi connectivity index (χ1n) is 3.60. The summed E-state index contributed by atoms with van der Waals surface area (Å²) in [5.41, 5.74) is -1.84. The van der Waals surface area contributed by atoms with Crippen LogP contribution in [0.3, 0.4) is 0 Å². The molecule has 0 unspecified atom stereocenters. The molecule has 5 nitrogen and oxygen atoms in total.